The average molecular weight is 164 g/mol. The first-order chi connectivity index (χ1) is 5.77. The van der Waals surface area contributed by atoms with Gasteiger partial charge in [-0.15, -0.1) is 10.2 Å². The van der Waals surface area contributed by atoms with E-state index in [4.69, 9.17) is 0 Å². The summed E-state index contributed by atoms with van der Waals surface area (Å²) >= 11 is 0. The van der Waals surface area contributed by atoms with Gasteiger partial charge in [0.2, 0.25) is 5.82 Å². The van der Waals surface area contributed by atoms with Crippen LogP contribution in [0.25, 0.3) is 11.4 Å². The van der Waals surface area contributed by atoms with Crippen molar-refractivity contribution in [3.63, 3.8) is 0 Å². The molecule has 62 valence electrons. The van der Waals surface area contributed by atoms with Crippen LogP contribution < -0.4 is 0 Å². The number of hydrogen-bond acceptors (Lipinski definition) is 4. The normalized spacial score (nSPS) is 10.5. The number of nitrogens with zero attached hydrogens (tertiary/aromatic N) is 5. The van der Waals surface area contributed by atoms with E-state index in [0.29, 0.717) is 5.82 Å². The van der Waals surface area contributed by atoms with Crippen LogP contribution in [0.2, 0.25) is 0 Å². The third-order valence-electron chi connectivity index (χ3n) is 1.60. The van der Waals surface area contributed by atoms with Crippen molar-refractivity contribution in [1.29, 1.82) is 0 Å². The molecule has 6 nitrogen and oxygen atoms in total. The molecule has 0 aliphatic rings. The lowest BCUT2D eigenvalue weighted by atomic mass is 10.2. The minimum absolute atomic E-state index is 0.584. The van der Waals surface area contributed by atoms with Gasteiger partial charge >= 0.3 is 0 Å². The minimum atomic E-state index is 0.584. The first-order valence-corrected chi connectivity index (χ1v) is 3.51. The molecule has 0 aliphatic carbocycles. The Balaban J connectivity index is 2.54. The van der Waals surface area contributed by atoms with Gasteiger partial charge in [0.05, 0.1) is 11.3 Å². The van der Waals surface area contributed by atoms with E-state index in [1.165, 1.54) is 0 Å². The summed E-state index contributed by atoms with van der Waals surface area (Å²) in [5, 5.41) is 17.8. The highest BCUT2D eigenvalue weighted by atomic mass is 15.5. The van der Waals surface area contributed by atoms with Crippen LogP contribution in [0.3, 0.4) is 0 Å². The van der Waals surface area contributed by atoms with Crippen molar-refractivity contribution < 1.29 is 0 Å². The monoisotopic (exact) mass is 164 g/mol. The van der Waals surface area contributed by atoms with E-state index >= 15 is 0 Å². The van der Waals surface area contributed by atoms with E-state index in [1.807, 2.05) is 20.2 Å². The molecule has 0 aromatic carbocycles. The molecule has 0 fully saturated rings. The summed E-state index contributed by atoms with van der Waals surface area (Å²) in [4.78, 5) is 0. The zero-order valence-electron chi connectivity index (χ0n) is 6.81. The van der Waals surface area contributed by atoms with Gasteiger partial charge in [0.25, 0.3) is 0 Å². The Hall–Kier alpha value is -1.72. The molecule has 0 saturated carbocycles. The number of aromatic nitrogens is 6. The molecule has 0 amide bonds. The number of tetrazole rings is 1. The van der Waals surface area contributed by atoms with Gasteiger partial charge in [-0.25, -0.2) is 0 Å². The van der Waals surface area contributed by atoms with Crippen LogP contribution >= 0.6 is 0 Å². The quantitative estimate of drug-likeness (QED) is 0.639. The van der Waals surface area contributed by atoms with Gasteiger partial charge in [-0.1, -0.05) is 0 Å². The predicted octanol–water partition coefficient (Wildman–Crippen LogP) is -0.0914. The molecular weight excluding hydrogens is 156 g/mol. The van der Waals surface area contributed by atoms with Crippen molar-refractivity contribution in [2.24, 2.45) is 7.05 Å². The smallest absolute Gasteiger partial charge is 0.208 e. The van der Waals surface area contributed by atoms with Gasteiger partial charge in [-0.3, -0.25) is 4.68 Å². The molecule has 1 N–H and O–H groups in total. The van der Waals surface area contributed by atoms with E-state index in [-0.39, 0.29) is 0 Å². The third-order valence-corrected chi connectivity index (χ3v) is 1.60. The fourth-order valence-electron chi connectivity index (χ4n) is 1.10. The lowest BCUT2D eigenvalue weighted by Gasteiger charge is -1.85. The van der Waals surface area contributed by atoms with Crippen LogP contribution in [-0.4, -0.2) is 30.4 Å². The Morgan fingerprint density at radius 3 is 2.83 bits per heavy atom. The number of aryl methyl sites for hydroxylation is 2. The second kappa shape index (κ2) is 2.40. The highest BCUT2D eigenvalue weighted by Crippen LogP contribution is 2.15. The van der Waals surface area contributed by atoms with Crippen molar-refractivity contribution in [2.45, 2.75) is 6.92 Å². The van der Waals surface area contributed by atoms with E-state index in [2.05, 4.69) is 25.7 Å². The Morgan fingerprint density at radius 1 is 1.50 bits per heavy atom. The molecule has 2 aromatic rings. The van der Waals surface area contributed by atoms with Crippen LogP contribution in [0.1, 0.15) is 5.69 Å². The maximum Gasteiger partial charge on any atom is 0.208 e. The van der Waals surface area contributed by atoms with Crippen LogP contribution in [0.15, 0.2) is 6.20 Å². The van der Waals surface area contributed by atoms with Crippen molar-refractivity contribution >= 4 is 0 Å². The standard InChI is InChI=1S/C6H8N6/c1-4-5(3-12(2)9-4)6-7-10-11-8-6/h3H,1-2H3,(H,7,8,10,11). The van der Waals surface area contributed by atoms with E-state index in [9.17, 15) is 0 Å². The van der Waals surface area contributed by atoms with Crippen molar-refractivity contribution in [1.82, 2.24) is 30.4 Å². The fourth-order valence-corrected chi connectivity index (χ4v) is 1.10. The highest BCUT2D eigenvalue weighted by Gasteiger charge is 2.08. The summed E-state index contributed by atoms with van der Waals surface area (Å²) in [6, 6.07) is 0. The summed E-state index contributed by atoms with van der Waals surface area (Å²) in [6.45, 7) is 1.91. The molecular formula is C6H8N6. The summed E-state index contributed by atoms with van der Waals surface area (Å²) in [5.74, 6) is 0.584. The Bertz CT molecular complexity index is 373. The predicted molar refractivity (Wildman–Crippen MR) is 41.1 cm³/mol. The maximum atomic E-state index is 4.16. The number of rotatable bonds is 1. The molecule has 0 aliphatic heterocycles. The van der Waals surface area contributed by atoms with Crippen molar-refractivity contribution in [3.05, 3.63) is 11.9 Å². The highest BCUT2D eigenvalue weighted by molar-refractivity contribution is 5.55. The number of aromatic amines is 1. The number of nitrogens with one attached hydrogen (secondary N) is 1. The molecule has 2 rings (SSSR count). The SMILES string of the molecule is Cc1nn(C)cc1-c1nn[nH]n1. The van der Waals surface area contributed by atoms with Crippen LogP contribution in [0.4, 0.5) is 0 Å². The van der Waals surface area contributed by atoms with Crippen LogP contribution in [0, 0.1) is 6.92 Å². The van der Waals surface area contributed by atoms with Crippen molar-refractivity contribution in [2.75, 3.05) is 0 Å². The summed E-state index contributed by atoms with van der Waals surface area (Å²) in [6.07, 6.45) is 1.86. The second-order valence-corrected chi connectivity index (χ2v) is 2.54. The zero-order valence-corrected chi connectivity index (χ0v) is 6.81. The molecule has 0 atom stereocenters. The molecule has 0 saturated heterocycles. The molecule has 0 spiro atoms. The number of H-pyrrole nitrogens is 1. The molecule has 2 heterocycles. The van der Waals surface area contributed by atoms with Gasteiger partial charge in [-0.05, 0) is 12.1 Å². The van der Waals surface area contributed by atoms with Gasteiger partial charge in [-0.2, -0.15) is 10.3 Å². The summed E-state index contributed by atoms with van der Waals surface area (Å²) < 4.78 is 1.72. The molecule has 0 radical (unpaired) electrons. The van der Waals surface area contributed by atoms with Gasteiger partial charge in [0.15, 0.2) is 0 Å². The van der Waals surface area contributed by atoms with E-state index in [0.717, 1.165) is 11.3 Å². The third kappa shape index (κ3) is 0.969. The van der Waals surface area contributed by atoms with Crippen LogP contribution in [0.5, 0.6) is 0 Å². The zero-order chi connectivity index (χ0) is 8.55. The van der Waals surface area contributed by atoms with E-state index < -0.39 is 0 Å². The first kappa shape index (κ1) is 6.96. The first-order valence-electron chi connectivity index (χ1n) is 3.51. The second-order valence-electron chi connectivity index (χ2n) is 2.54. The maximum absolute atomic E-state index is 4.16. The number of hydrogen-bond donors (Lipinski definition) is 1. The largest absolute Gasteiger partial charge is 0.275 e. The lowest BCUT2D eigenvalue weighted by molar-refractivity contribution is 0.756. The average Bonchev–Trinajstić information content (AvgIpc) is 2.58. The summed E-state index contributed by atoms with van der Waals surface area (Å²) in [5.41, 5.74) is 1.81. The van der Waals surface area contributed by atoms with Gasteiger partial charge in [0, 0.05) is 13.2 Å². The minimum Gasteiger partial charge on any atom is -0.275 e. The molecule has 0 bridgehead atoms. The summed E-state index contributed by atoms with van der Waals surface area (Å²) in [7, 11) is 1.86. The van der Waals surface area contributed by atoms with Gasteiger partial charge in [0.1, 0.15) is 0 Å². The van der Waals surface area contributed by atoms with Gasteiger partial charge < -0.3 is 0 Å². The van der Waals surface area contributed by atoms with Crippen LogP contribution in [-0.2, 0) is 7.05 Å². The molecule has 6 heteroatoms. The molecule has 12 heavy (non-hydrogen) atoms. The fraction of sp³-hybridized carbons (Fsp3) is 0.333. The Morgan fingerprint density at radius 2 is 2.33 bits per heavy atom. The van der Waals surface area contributed by atoms with Crippen molar-refractivity contribution in [3.8, 4) is 11.4 Å². The molecule has 2 aromatic heterocycles. The Labute approximate surface area is 68.6 Å². The lowest BCUT2D eigenvalue weighted by Crippen LogP contribution is -1.86. The van der Waals surface area contributed by atoms with E-state index in [1.54, 1.807) is 4.68 Å². The Kier molecular flexibility index (Phi) is 1.39. The molecule has 0 unspecified atom stereocenters. The topological polar surface area (TPSA) is 72.3 Å².